The number of para-hydroxylation sites is 2. The molecule has 0 spiro atoms. The zero-order valence-corrected chi connectivity index (χ0v) is 16.7. The Morgan fingerprint density at radius 2 is 1.23 bits per heavy atom. The Labute approximate surface area is 180 Å². The van der Waals surface area contributed by atoms with Crippen molar-refractivity contribution in [2.75, 3.05) is 0 Å². The molecule has 3 aromatic carbocycles. The van der Waals surface area contributed by atoms with E-state index in [9.17, 15) is 0 Å². The third-order valence-electron chi connectivity index (χ3n) is 5.71. The average molecular weight is 396 g/mol. The van der Waals surface area contributed by atoms with Gasteiger partial charge in [-0.25, -0.2) is 0 Å². The van der Waals surface area contributed by atoms with Crippen LogP contribution in [-0.2, 0) is 0 Å². The predicted octanol–water partition coefficient (Wildman–Crippen LogP) is 6.71. The van der Waals surface area contributed by atoms with Crippen LogP contribution in [-0.4, -0.2) is 14.5 Å². The largest absolute Gasteiger partial charge is 0.309 e. The van der Waals surface area contributed by atoms with Gasteiger partial charge in [0.1, 0.15) is 0 Å². The maximum absolute atomic E-state index is 4.67. The number of fused-ring (bicyclic) bond motifs is 3. The molecule has 1 radical (unpaired) electrons. The lowest BCUT2D eigenvalue weighted by molar-refractivity contribution is 1.18. The first-order chi connectivity index (χ1) is 15.4. The minimum atomic E-state index is 0.952. The van der Waals surface area contributed by atoms with Gasteiger partial charge in [0, 0.05) is 45.5 Å². The molecule has 6 rings (SSSR count). The van der Waals surface area contributed by atoms with Gasteiger partial charge >= 0.3 is 0 Å². The molecule has 0 bridgehead atoms. The highest BCUT2D eigenvalue weighted by Gasteiger charge is 2.11. The summed E-state index contributed by atoms with van der Waals surface area (Å²) in [6.07, 6.45) is 6.51. The maximum Gasteiger partial charge on any atom is 0.0886 e. The highest BCUT2D eigenvalue weighted by atomic mass is 15.0. The number of nitrogens with zero attached hydrogens (tertiary/aromatic N) is 3. The summed E-state index contributed by atoms with van der Waals surface area (Å²) in [5.41, 5.74) is 7.71. The molecule has 31 heavy (non-hydrogen) atoms. The summed E-state index contributed by atoms with van der Waals surface area (Å²) in [6, 6.07) is 33.7. The molecule has 0 saturated heterocycles. The third kappa shape index (κ3) is 2.99. The van der Waals surface area contributed by atoms with Crippen LogP contribution in [0.3, 0.4) is 0 Å². The Bertz CT molecular complexity index is 1440. The predicted molar refractivity (Wildman–Crippen MR) is 126 cm³/mol. The van der Waals surface area contributed by atoms with Crippen LogP contribution in [0.5, 0.6) is 0 Å². The van der Waals surface area contributed by atoms with E-state index in [1.807, 2.05) is 18.3 Å². The maximum atomic E-state index is 4.67. The van der Waals surface area contributed by atoms with Crippen molar-refractivity contribution in [2.24, 2.45) is 0 Å². The smallest absolute Gasteiger partial charge is 0.0886 e. The summed E-state index contributed by atoms with van der Waals surface area (Å²) in [6.45, 7) is 0. The molecule has 3 heterocycles. The van der Waals surface area contributed by atoms with Gasteiger partial charge in [-0.3, -0.25) is 9.97 Å². The Morgan fingerprint density at radius 3 is 1.84 bits per heavy atom. The average Bonchev–Trinajstić information content (AvgIpc) is 3.19. The standard InChI is InChI=1S/C28H18N3/c1-3-9-27-24(7-1)25-8-2-4-10-28(25)31(27)23-14-11-20(12-15-23)26-16-13-22(19-30-26)21-6-5-17-29-18-21/h1-16,18-19H. The molecule has 6 aromatic rings. The van der Waals surface area contributed by atoms with Crippen molar-refractivity contribution in [1.29, 1.82) is 0 Å². The number of aromatic nitrogens is 3. The molecule has 3 heteroatoms. The monoisotopic (exact) mass is 396 g/mol. The van der Waals surface area contributed by atoms with E-state index in [-0.39, 0.29) is 0 Å². The van der Waals surface area contributed by atoms with E-state index in [4.69, 9.17) is 0 Å². The highest BCUT2D eigenvalue weighted by molar-refractivity contribution is 6.09. The van der Waals surface area contributed by atoms with Gasteiger partial charge in [-0.05, 0) is 36.4 Å². The van der Waals surface area contributed by atoms with Crippen molar-refractivity contribution in [3.05, 3.63) is 116 Å². The van der Waals surface area contributed by atoms with Crippen LogP contribution in [0.2, 0.25) is 0 Å². The Kier molecular flexibility index (Phi) is 4.10. The fraction of sp³-hybridized carbons (Fsp3) is 0. The molecule has 0 N–H and O–H groups in total. The summed E-state index contributed by atoms with van der Waals surface area (Å²) in [4.78, 5) is 8.74. The van der Waals surface area contributed by atoms with Crippen molar-refractivity contribution in [3.8, 4) is 28.1 Å². The minimum Gasteiger partial charge on any atom is -0.309 e. The first kappa shape index (κ1) is 17.6. The van der Waals surface area contributed by atoms with Gasteiger partial charge in [0.05, 0.1) is 22.9 Å². The quantitative estimate of drug-likeness (QED) is 0.333. The van der Waals surface area contributed by atoms with Crippen molar-refractivity contribution in [1.82, 2.24) is 14.5 Å². The van der Waals surface area contributed by atoms with Gasteiger partial charge in [0.2, 0.25) is 0 Å². The molecule has 0 aliphatic rings. The van der Waals surface area contributed by atoms with Crippen LogP contribution in [0.1, 0.15) is 0 Å². The first-order valence-electron chi connectivity index (χ1n) is 10.3. The lowest BCUT2D eigenvalue weighted by atomic mass is 10.1. The molecule has 0 saturated carbocycles. The second-order valence-electron chi connectivity index (χ2n) is 7.52. The second kappa shape index (κ2) is 7.22. The third-order valence-corrected chi connectivity index (χ3v) is 5.71. The molecule has 145 valence electrons. The van der Waals surface area contributed by atoms with Crippen LogP contribution < -0.4 is 0 Å². The van der Waals surface area contributed by atoms with E-state index in [0.717, 1.165) is 28.1 Å². The summed E-state index contributed by atoms with van der Waals surface area (Å²) in [5.74, 6) is 0. The number of hydrogen-bond donors (Lipinski definition) is 0. The minimum absolute atomic E-state index is 0.952. The Hall–Kier alpha value is -4.24. The Morgan fingerprint density at radius 1 is 0.581 bits per heavy atom. The summed E-state index contributed by atoms with van der Waals surface area (Å²) < 4.78 is 2.32. The van der Waals surface area contributed by atoms with E-state index in [1.54, 1.807) is 6.20 Å². The Balaban J connectivity index is 1.40. The molecule has 0 unspecified atom stereocenters. The van der Waals surface area contributed by atoms with E-state index in [2.05, 4.69) is 106 Å². The lowest BCUT2D eigenvalue weighted by Gasteiger charge is -2.09. The number of pyridine rings is 2. The van der Waals surface area contributed by atoms with Gasteiger partial charge in [-0.15, -0.1) is 0 Å². The number of hydrogen-bond acceptors (Lipinski definition) is 2. The van der Waals surface area contributed by atoms with Crippen LogP contribution in [0.15, 0.2) is 109 Å². The molecule has 3 nitrogen and oxygen atoms in total. The van der Waals surface area contributed by atoms with Gasteiger partial charge in [-0.2, -0.15) is 0 Å². The molecule has 0 amide bonds. The van der Waals surface area contributed by atoms with E-state index in [1.165, 1.54) is 21.8 Å². The molecule has 3 aromatic heterocycles. The summed E-state index contributed by atoms with van der Waals surface area (Å²) >= 11 is 0. The van der Waals surface area contributed by atoms with Crippen LogP contribution in [0.4, 0.5) is 0 Å². The number of benzene rings is 3. The topological polar surface area (TPSA) is 30.7 Å². The van der Waals surface area contributed by atoms with Crippen LogP contribution >= 0.6 is 0 Å². The van der Waals surface area contributed by atoms with E-state index < -0.39 is 0 Å². The molecule has 0 fully saturated rings. The van der Waals surface area contributed by atoms with Gasteiger partial charge in [-0.1, -0.05) is 60.7 Å². The fourth-order valence-corrected chi connectivity index (χ4v) is 4.21. The van der Waals surface area contributed by atoms with Crippen molar-refractivity contribution in [2.45, 2.75) is 0 Å². The highest BCUT2D eigenvalue weighted by Crippen LogP contribution is 2.32. The van der Waals surface area contributed by atoms with Crippen LogP contribution in [0, 0.1) is 6.20 Å². The molecule has 0 aliphatic carbocycles. The molecule has 0 atom stereocenters. The first-order valence-corrected chi connectivity index (χ1v) is 10.3. The number of rotatable bonds is 3. The molecule has 0 aliphatic heterocycles. The molecular weight excluding hydrogens is 378 g/mol. The zero-order valence-electron chi connectivity index (χ0n) is 16.7. The van der Waals surface area contributed by atoms with Crippen molar-refractivity contribution >= 4 is 21.8 Å². The normalized spacial score (nSPS) is 11.2. The van der Waals surface area contributed by atoms with Crippen molar-refractivity contribution in [3.63, 3.8) is 0 Å². The SMILES string of the molecule is [c]1ccc(-c2ccc(-c3ccc(-n4c5ccccc5c5ccccc54)cc3)nc2)cn1. The van der Waals surface area contributed by atoms with Gasteiger partial charge < -0.3 is 4.57 Å². The fourth-order valence-electron chi connectivity index (χ4n) is 4.21. The lowest BCUT2D eigenvalue weighted by Crippen LogP contribution is -1.94. The zero-order chi connectivity index (χ0) is 20.6. The summed E-state index contributed by atoms with van der Waals surface area (Å²) in [5, 5.41) is 2.54. The summed E-state index contributed by atoms with van der Waals surface area (Å²) in [7, 11) is 0. The van der Waals surface area contributed by atoms with Crippen LogP contribution in [0.25, 0.3) is 49.9 Å². The molecular formula is C28H18N3. The van der Waals surface area contributed by atoms with Gasteiger partial charge in [0.25, 0.3) is 0 Å². The van der Waals surface area contributed by atoms with Gasteiger partial charge in [0.15, 0.2) is 0 Å². The van der Waals surface area contributed by atoms with E-state index >= 15 is 0 Å². The second-order valence-corrected chi connectivity index (χ2v) is 7.52. The van der Waals surface area contributed by atoms with Crippen molar-refractivity contribution < 1.29 is 0 Å². The van der Waals surface area contributed by atoms with E-state index in [0.29, 0.717) is 0 Å².